The number of hydrogen-bond donors (Lipinski definition) is 1. The molecule has 0 saturated carbocycles. The van der Waals surface area contributed by atoms with Crippen LogP contribution in [0.1, 0.15) is 10.5 Å². The lowest BCUT2D eigenvalue weighted by Crippen LogP contribution is -2.05. The fourth-order valence-corrected chi connectivity index (χ4v) is 1.85. The van der Waals surface area contributed by atoms with E-state index in [1.807, 2.05) is 12.1 Å². The highest BCUT2D eigenvalue weighted by molar-refractivity contribution is 6.30. The summed E-state index contributed by atoms with van der Waals surface area (Å²) in [5.41, 5.74) is 1.99. The third kappa shape index (κ3) is 2.02. The molecular formula is C12H7ClN4O2. The van der Waals surface area contributed by atoms with Gasteiger partial charge in [-0.1, -0.05) is 23.7 Å². The number of aromatic nitrogens is 4. The van der Waals surface area contributed by atoms with Crippen LogP contribution in [0.2, 0.25) is 5.02 Å². The van der Waals surface area contributed by atoms with E-state index in [1.54, 1.807) is 18.3 Å². The predicted molar refractivity (Wildman–Crippen MR) is 68.2 cm³/mol. The minimum atomic E-state index is -1.14. The number of hydrogen-bond acceptors (Lipinski definition) is 4. The van der Waals surface area contributed by atoms with Crippen LogP contribution in [0.3, 0.4) is 0 Å². The van der Waals surface area contributed by atoms with Crippen LogP contribution in [-0.2, 0) is 0 Å². The highest BCUT2D eigenvalue weighted by Crippen LogP contribution is 2.24. The van der Waals surface area contributed by atoms with E-state index in [0.717, 1.165) is 11.1 Å². The first-order chi connectivity index (χ1) is 9.15. The van der Waals surface area contributed by atoms with Gasteiger partial charge in [0.25, 0.3) is 0 Å². The zero-order valence-corrected chi connectivity index (χ0v) is 10.2. The van der Waals surface area contributed by atoms with Gasteiger partial charge in [-0.2, -0.15) is 5.10 Å². The Morgan fingerprint density at radius 3 is 2.63 bits per heavy atom. The van der Waals surface area contributed by atoms with Gasteiger partial charge in [-0.3, -0.25) is 0 Å². The molecule has 3 rings (SSSR count). The van der Waals surface area contributed by atoms with E-state index in [0.29, 0.717) is 10.7 Å². The first-order valence-electron chi connectivity index (χ1n) is 5.35. The van der Waals surface area contributed by atoms with E-state index in [4.69, 9.17) is 16.7 Å². The Labute approximate surface area is 112 Å². The van der Waals surface area contributed by atoms with Crippen molar-refractivity contribution in [3.8, 4) is 11.1 Å². The second-order valence-electron chi connectivity index (χ2n) is 3.85. The summed E-state index contributed by atoms with van der Waals surface area (Å²) in [5.74, 6) is -1.14. The Kier molecular flexibility index (Phi) is 2.64. The Morgan fingerprint density at radius 1 is 1.21 bits per heavy atom. The summed E-state index contributed by atoms with van der Waals surface area (Å²) in [6.45, 7) is 0. The molecule has 0 aliphatic carbocycles. The third-order valence-electron chi connectivity index (χ3n) is 2.64. The summed E-state index contributed by atoms with van der Waals surface area (Å²) in [7, 11) is 0. The van der Waals surface area contributed by atoms with Crippen molar-refractivity contribution in [2.75, 3.05) is 0 Å². The quantitative estimate of drug-likeness (QED) is 0.774. The molecule has 0 radical (unpaired) electrons. The largest absolute Gasteiger partial charge is 0.476 e. The van der Waals surface area contributed by atoms with Crippen LogP contribution in [0.5, 0.6) is 0 Å². The topological polar surface area (TPSA) is 80.4 Å². The number of carboxylic acid groups (broad SMARTS) is 1. The van der Waals surface area contributed by atoms with Crippen molar-refractivity contribution >= 4 is 23.2 Å². The van der Waals surface area contributed by atoms with Crippen molar-refractivity contribution in [2.24, 2.45) is 0 Å². The zero-order chi connectivity index (χ0) is 13.4. The molecule has 3 aromatic rings. The lowest BCUT2D eigenvalue weighted by atomic mass is 10.1. The maximum Gasteiger partial charge on any atom is 0.358 e. The Bertz CT molecular complexity index is 767. The molecule has 1 N–H and O–H groups in total. The molecule has 0 fully saturated rings. The van der Waals surface area contributed by atoms with Gasteiger partial charge in [0.1, 0.15) is 0 Å². The number of nitrogens with zero attached hydrogens (tertiary/aromatic N) is 4. The fourth-order valence-electron chi connectivity index (χ4n) is 1.72. The van der Waals surface area contributed by atoms with E-state index in [9.17, 15) is 4.79 Å². The van der Waals surface area contributed by atoms with Crippen molar-refractivity contribution in [1.29, 1.82) is 0 Å². The van der Waals surface area contributed by atoms with Crippen molar-refractivity contribution in [3.05, 3.63) is 47.4 Å². The number of carboxylic acids is 1. The van der Waals surface area contributed by atoms with Gasteiger partial charge in [0, 0.05) is 10.6 Å². The maximum atomic E-state index is 10.8. The normalized spacial score (nSPS) is 10.8. The van der Waals surface area contributed by atoms with Crippen molar-refractivity contribution < 1.29 is 9.90 Å². The molecule has 94 valence electrons. The number of halogens is 1. The van der Waals surface area contributed by atoms with Crippen LogP contribution in [0.25, 0.3) is 16.8 Å². The molecule has 0 saturated heterocycles. The van der Waals surface area contributed by atoms with Crippen LogP contribution in [0.4, 0.5) is 0 Å². The van der Waals surface area contributed by atoms with Crippen molar-refractivity contribution in [1.82, 2.24) is 19.8 Å². The lowest BCUT2D eigenvalue weighted by Gasteiger charge is -1.99. The average Bonchev–Trinajstić information content (AvgIpc) is 2.82. The summed E-state index contributed by atoms with van der Waals surface area (Å²) >= 11 is 5.83. The summed E-state index contributed by atoms with van der Waals surface area (Å²) in [4.78, 5) is 10.8. The zero-order valence-electron chi connectivity index (χ0n) is 9.49. The highest BCUT2D eigenvalue weighted by Gasteiger charge is 2.12. The minimum absolute atomic E-state index is 0.154. The molecule has 0 atom stereocenters. The van der Waals surface area contributed by atoms with Crippen molar-refractivity contribution in [2.45, 2.75) is 0 Å². The number of aromatic carboxylic acids is 1. The van der Waals surface area contributed by atoms with Gasteiger partial charge in [0.05, 0.1) is 12.4 Å². The summed E-state index contributed by atoms with van der Waals surface area (Å²) in [5, 5.41) is 21.1. The van der Waals surface area contributed by atoms with Gasteiger partial charge in [0.15, 0.2) is 11.3 Å². The predicted octanol–water partition coefficient (Wildman–Crippen LogP) is 2.14. The number of carbonyl (C=O) groups is 1. The lowest BCUT2D eigenvalue weighted by molar-refractivity contribution is 0.0688. The Balaban J connectivity index is 2.15. The van der Waals surface area contributed by atoms with Crippen LogP contribution < -0.4 is 0 Å². The molecule has 0 aliphatic heterocycles. The molecule has 1 aromatic carbocycles. The number of benzene rings is 1. The minimum Gasteiger partial charge on any atom is -0.476 e. The molecule has 0 bridgehead atoms. The van der Waals surface area contributed by atoms with Gasteiger partial charge in [0.2, 0.25) is 0 Å². The molecule has 19 heavy (non-hydrogen) atoms. The number of fused-ring (bicyclic) bond motifs is 1. The van der Waals surface area contributed by atoms with Crippen LogP contribution >= 0.6 is 11.6 Å². The van der Waals surface area contributed by atoms with E-state index >= 15 is 0 Å². The van der Waals surface area contributed by atoms with Crippen LogP contribution in [0, 0.1) is 0 Å². The summed E-state index contributed by atoms with van der Waals surface area (Å²) < 4.78 is 1.39. The van der Waals surface area contributed by atoms with Crippen LogP contribution in [-0.4, -0.2) is 30.9 Å². The van der Waals surface area contributed by atoms with Gasteiger partial charge in [-0.05, 0) is 17.7 Å². The number of rotatable bonds is 2. The van der Waals surface area contributed by atoms with E-state index in [-0.39, 0.29) is 5.69 Å². The Morgan fingerprint density at radius 2 is 1.95 bits per heavy atom. The maximum absolute atomic E-state index is 10.8. The van der Waals surface area contributed by atoms with Crippen molar-refractivity contribution in [3.63, 3.8) is 0 Å². The Hall–Kier alpha value is -2.47. The molecule has 0 spiro atoms. The molecule has 0 amide bonds. The smallest absolute Gasteiger partial charge is 0.358 e. The summed E-state index contributed by atoms with van der Waals surface area (Å²) in [6.07, 6.45) is 2.93. The molecule has 0 unspecified atom stereocenters. The fraction of sp³-hybridized carbons (Fsp3) is 0. The molecule has 6 nitrogen and oxygen atoms in total. The standard InChI is InChI=1S/C12H7ClN4O2/c13-8-3-1-7(2-4-8)9-5-14-17-6-10(12(18)19)15-16-11(9)17/h1-6H,(H,18,19). The first kappa shape index (κ1) is 11.6. The van der Waals surface area contributed by atoms with Gasteiger partial charge in [-0.25, -0.2) is 9.31 Å². The third-order valence-corrected chi connectivity index (χ3v) is 2.89. The van der Waals surface area contributed by atoms with E-state index < -0.39 is 5.97 Å². The van der Waals surface area contributed by atoms with Gasteiger partial charge < -0.3 is 5.11 Å². The molecular weight excluding hydrogens is 268 g/mol. The molecule has 2 aromatic heterocycles. The second-order valence-corrected chi connectivity index (χ2v) is 4.29. The molecule has 0 aliphatic rings. The van der Waals surface area contributed by atoms with Gasteiger partial charge in [-0.15, -0.1) is 10.2 Å². The first-order valence-corrected chi connectivity index (χ1v) is 5.73. The van der Waals surface area contributed by atoms with Crippen LogP contribution in [0.15, 0.2) is 36.7 Å². The highest BCUT2D eigenvalue weighted by atomic mass is 35.5. The molecule has 7 heteroatoms. The monoisotopic (exact) mass is 274 g/mol. The average molecular weight is 275 g/mol. The SMILES string of the molecule is O=C(O)c1cn2ncc(-c3ccc(Cl)cc3)c2nn1. The summed E-state index contributed by atoms with van der Waals surface area (Å²) in [6, 6.07) is 7.21. The molecule has 2 heterocycles. The second kappa shape index (κ2) is 4.33. The van der Waals surface area contributed by atoms with E-state index in [2.05, 4.69) is 15.3 Å². The van der Waals surface area contributed by atoms with E-state index in [1.165, 1.54) is 10.7 Å². The van der Waals surface area contributed by atoms with Gasteiger partial charge >= 0.3 is 5.97 Å².